The maximum atomic E-state index is 3.62. The van der Waals surface area contributed by atoms with Gasteiger partial charge in [0, 0.05) is 33.4 Å². The minimum atomic E-state index is 1.07. The van der Waals surface area contributed by atoms with Gasteiger partial charge in [0.25, 0.3) is 0 Å². The van der Waals surface area contributed by atoms with Crippen LogP contribution in [0.1, 0.15) is 0 Å². The summed E-state index contributed by atoms with van der Waals surface area (Å²) in [4.78, 5) is 0. The Hall–Kier alpha value is -5.86. The number of nitrogens with one attached hydrogen (secondary N) is 1. The highest BCUT2D eigenvalue weighted by atomic mass is 15.0. The lowest BCUT2D eigenvalue weighted by atomic mass is 9.97. The largest absolute Gasteiger partial charge is 0.355 e. The second kappa shape index (κ2) is 11.1. The van der Waals surface area contributed by atoms with E-state index < -0.39 is 0 Å². The van der Waals surface area contributed by atoms with Gasteiger partial charge in [0.2, 0.25) is 0 Å². The molecule has 2 nitrogen and oxygen atoms in total. The lowest BCUT2D eigenvalue weighted by Crippen LogP contribution is -1.95. The molecule has 8 aromatic rings. The van der Waals surface area contributed by atoms with Crippen molar-refractivity contribution in [1.82, 2.24) is 4.57 Å². The third kappa shape index (κ3) is 4.73. The molecule has 0 radical (unpaired) electrons. The molecule has 0 spiro atoms. The Morgan fingerprint density at radius 2 is 0.909 bits per heavy atom. The Kier molecular flexibility index (Phi) is 6.51. The Morgan fingerprint density at radius 3 is 1.66 bits per heavy atom. The summed E-state index contributed by atoms with van der Waals surface area (Å²) < 4.78 is 2.39. The van der Waals surface area contributed by atoms with E-state index in [9.17, 15) is 0 Å². The van der Waals surface area contributed by atoms with Crippen LogP contribution in [0.5, 0.6) is 0 Å². The van der Waals surface area contributed by atoms with Crippen LogP contribution in [0.25, 0.3) is 60.9 Å². The van der Waals surface area contributed by atoms with Crippen LogP contribution in [0.4, 0.5) is 11.4 Å². The average molecular weight is 563 g/mol. The van der Waals surface area contributed by atoms with E-state index in [1.165, 1.54) is 55.2 Å². The van der Waals surface area contributed by atoms with E-state index in [0.29, 0.717) is 0 Å². The van der Waals surface area contributed by atoms with Gasteiger partial charge in [0.05, 0.1) is 11.0 Å². The summed E-state index contributed by atoms with van der Waals surface area (Å²) in [6, 6.07) is 62.7. The fourth-order valence-electron chi connectivity index (χ4n) is 6.23. The summed E-state index contributed by atoms with van der Waals surface area (Å²) >= 11 is 0. The number of rotatable bonds is 6. The van der Waals surface area contributed by atoms with Crippen LogP contribution in [0.15, 0.2) is 176 Å². The molecule has 1 heterocycles. The van der Waals surface area contributed by atoms with Crippen molar-refractivity contribution in [1.29, 1.82) is 0 Å². The molecule has 0 fully saturated rings. The van der Waals surface area contributed by atoms with Crippen LogP contribution in [-0.2, 0) is 0 Å². The average Bonchev–Trinajstić information content (AvgIpc) is 3.43. The molecule has 0 bridgehead atoms. The molecule has 44 heavy (non-hydrogen) atoms. The minimum Gasteiger partial charge on any atom is -0.355 e. The number of para-hydroxylation sites is 2. The summed E-state index contributed by atoms with van der Waals surface area (Å²) in [5.74, 6) is 0. The first-order valence-corrected chi connectivity index (χ1v) is 15.0. The van der Waals surface area contributed by atoms with E-state index >= 15 is 0 Å². The summed E-state index contributed by atoms with van der Waals surface area (Å²) in [7, 11) is 0. The SMILES string of the molecule is c1ccc(Nc2ccc(-c3ccc(-n4c5ccccc5c5ccc(-c6ccccc6)cc54)cc3)cc2-c2ccccc2)cc1. The first kappa shape index (κ1) is 25.8. The van der Waals surface area contributed by atoms with Gasteiger partial charge in [-0.05, 0) is 76.3 Å². The number of benzene rings is 7. The summed E-state index contributed by atoms with van der Waals surface area (Å²) in [5, 5.41) is 6.15. The van der Waals surface area contributed by atoms with Crippen LogP contribution in [0.2, 0.25) is 0 Å². The second-order valence-electron chi connectivity index (χ2n) is 11.1. The fraction of sp³-hybridized carbons (Fsp3) is 0. The monoisotopic (exact) mass is 562 g/mol. The number of hydrogen-bond donors (Lipinski definition) is 1. The molecule has 0 unspecified atom stereocenters. The molecule has 208 valence electrons. The molecular weight excluding hydrogens is 532 g/mol. The van der Waals surface area contributed by atoms with Crippen molar-refractivity contribution in [2.24, 2.45) is 0 Å². The number of fused-ring (bicyclic) bond motifs is 3. The lowest BCUT2D eigenvalue weighted by Gasteiger charge is -2.15. The topological polar surface area (TPSA) is 17.0 Å². The summed E-state index contributed by atoms with van der Waals surface area (Å²) in [6.45, 7) is 0. The van der Waals surface area contributed by atoms with Gasteiger partial charge in [0.1, 0.15) is 0 Å². The third-order valence-electron chi connectivity index (χ3n) is 8.40. The van der Waals surface area contributed by atoms with Crippen LogP contribution < -0.4 is 5.32 Å². The van der Waals surface area contributed by atoms with Gasteiger partial charge < -0.3 is 9.88 Å². The number of hydrogen-bond acceptors (Lipinski definition) is 1. The predicted molar refractivity (Wildman–Crippen MR) is 187 cm³/mol. The highest BCUT2D eigenvalue weighted by Crippen LogP contribution is 2.37. The molecule has 0 atom stereocenters. The molecule has 0 aliphatic carbocycles. The van der Waals surface area contributed by atoms with Crippen molar-refractivity contribution < 1.29 is 0 Å². The highest BCUT2D eigenvalue weighted by molar-refractivity contribution is 6.10. The zero-order chi connectivity index (χ0) is 29.3. The Labute approximate surface area is 257 Å². The van der Waals surface area contributed by atoms with Gasteiger partial charge in [-0.15, -0.1) is 0 Å². The number of aromatic nitrogens is 1. The van der Waals surface area contributed by atoms with Gasteiger partial charge >= 0.3 is 0 Å². The van der Waals surface area contributed by atoms with Gasteiger partial charge in [-0.3, -0.25) is 0 Å². The van der Waals surface area contributed by atoms with E-state index in [0.717, 1.165) is 17.1 Å². The molecule has 1 N–H and O–H groups in total. The Bertz CT molecular complexity index is 2210. The van der Waals surface area contributed by atoms with Crippen molar-refractivity contribution in [3.8, 4) is 39.1 Å². The normalized spacial score (nSPS) is 11.2. The molecule has 8 rings (SSSR count). The maximum absolute atomic E-state index is 3.62. The van der Waals surface area contributed by atoms with Crippen LogP contribution >= 0.6 is 0 Å². The van der Waals surface area contributed by atoms with Crippen molar-refractivity contribution >= 4 is 33.2 Å². The van der Waals surface area contributed by atoms with Crippen molar-refractivity contribution in [3.63, 3.8) is 0 Å². The van der Waals surface area contributed by atoms with Crippen molar-refractivity contribution in [2.75, 3.05) is 5.32 Å². The molecular formula is C42H30N2. The van der Waals surface area contributed by atoms with Gasteiger partial charge in [-0.1, -0.05) is 127 Å². The van der Waals surface area contributed by atoms with Gasteiger partial charge in [-0.2, -0.15) is 0 Å². The smallest absolute Gasteiger partial charge is 0.0547 e. The third-order valence-corrected chi connectivity index (χ3v) is 8.40. The van der Waals surface area contributed by atoms with E-state index in [2.05, 4.69) is 180 Å². The molecule has 2 heteroatoms. The molecule has 7 aromatic carbocycles. The Morgan fingerprint density at radius 1 is 0.364 bits per heavy atom. The molecule has 0 saturated heterocycles. The van der Waals surface area contributed by atoms with Gasteiger partial charge in [0.15, 0.2) is 0 Å². The molecule has 1 aromatic heterocycles. The first-order chi connectivity index (χ1) is 21.8. The lowest BCUT2D eigenvalue weighted by molar-refractivity contribution is 1.18. The van der Waals surface area contributed by atoms with Crippen LogP contribution in [0.3, 0.4) is 0 Å². The van der Waals surface area contributed by atoms with Crippen molar-refractivity contribution in [3.05, 3.63) is 176 Å². The summed E-state index contributed by atoms with van der Waals surface area (Å²) in [5.41, 5.74) is 12.9. The fourth-order valence-corrected chi connectivity index (χ4v) is 6.23. The number of anilines is 2. The van der Waals surface area contributed by atoms with Gasteiger partial charge in [-0.25, -0.2) is 0 Å². The van der Waals surface area contributed by atoms with Crippen LogP contribution in [0, 0.1) is 0 Å². The molecule has 0 saturated carbocycles. The summed E-state index contributed by atoms with van der Waals surface area (Å²) in [6.07, 6.45) is 0. The predicted octanol–water partition coefficient (Wildman–Crippen LogP) is 11.5. The first-order valence-electron chi connectivity index (χ1n) is 15.0. The Balaban J connectivity index is 1.21. The zero-order valence-corrected chi connectivity index (χ0v) is 24.2. The highest BCUT2D eigenvalue weighted by Gasteiger charge is 2.14. The zero-order valence-electron chi connectivity index (χ0n) is 24.2. The molecule has 0 aliphatic heterocycles. The van der Waals surface area contributed by atoms with Crippen LogP contribution in [-0.4, -0.2) is 4.57 Å². The van der Waals surface area contributed by atoms with E-state index in [1.54, 1.807) is 0 Å². The maximum Gasteiger partial charge on any atom is 0.0547 e. The van der Waals surface area contributed by atoms with Crippen molar-refractivity contribution in [2.45, 2.75) is 0 Å². The molecule has 0 aliphatic rings. The minimum absolute atomic E-state index is 1.07. The molecule has 0 amide bonds. The van der Waals surface area contributed by atoms with E-state index in [1.807, 2.05) is 6.07 Å². The second-order valence-corrected chi connectivity index (χ2v) is 11.1. The standard InChI is InChI=1S/C42H30N2/c1-4-12-30(13-5-1)34-22-26-38-37-18-10-11-19-41(37)44(42(38)29-34)36-24-20-31(21-25-36)33-23-27-40(43-35-16-8-3-9-17-35)39(28-33)32-14-6-2-7-15-32/h1-29,43H. The number of nitrogens with zero attached hydrogens (tertiary/aromatic N) is 1. The van der Waals surface area contributed by atoms with E-state index in [4.69, 9.17) is 0 Å². The van der Waals surface area contributed by atoms with E-state index in [-0.39, 0.29) is 0 Å². The quantitative estimate of drug-likeness (QED) is 0.213.